The molecular weight excluding hydrogens is 236 g/mol. The largest absolute Gasteiger partial charge is 0.313 e. The smallest absolute Gasteiger partial charge is 0.151 e. The minimum atomic E-state index is -2.80. The Bertz CT molecular complexity index is 445. The van der Waals surface area contributed by atoms with E-state index in [9.17, 15) is 8.42 Å². The van der Waals surface area contributed by atoms with Crippen LogP contribution in [0, 0.1) is 0 Å². The van der Waals surface area contributed by atoms with Crippen LogP contribution in [0.3, 0.4) is 0 Å². The molecule has 5 heteroatoms. The van der Waals surface area contributed by atoms with Gasteiger partial charge in [-0.1, -0.05) is 6.07 Å². The highest BCUT2D eigenvalue weighted by atomic mass is 32.2. The Labute approximate surface area is 102 Å². The molecule has 1 aromatic heterocycles. The van der Waals surface area contributed by atoms with E-state index in [1.165, 1.54) is 5.56 Å². The molecule has 1 unspecified atom stereocenters. The monoisotopic (exact) mass is 254 g/mol. The number of aromatic nitrogens is 1. The average Bonchev–Trinajstić information content (AvgIpc) is 2.29. The van der Waals surface area contributed by atoms with Crippen LogP contribution in [0.5, 0.6) is 0 Å². The third kappa shape index (κ3) is 4.09. The number of rotatable bonds is 4. The summed E-state index contributed by atoms with van der Waals surface area (Å²) in [5, 5.41) is 3.32. The van der Waals surface area contributed by atoms with Gasteiger partial charge in [0.05, 0.1) is 11.5 Å². The van der Waals surface area contributed by atoms with E-state index in [0.717, 1.165) is 25.8 Å². The van der Waals surface area contributed by atoms with E-state index in [4.69, 9.17) is 0 Å². The first-order valence-electron chi connectivity index (χ1n) is 5.98. The van der Waals surface area contributed by atoms with Crippen molar-refractivity contribution >= 4 is 9.84 Å². The lowest BCUT2D eigenvalue weighted by Gasteiger charge is -2.23. The van der Waals surface area contributed by atoms with Crippen molar-refractivity contribution in [1.82, 2.24) is 10.3 Å². The minimum Gasteiger partial charge on any atom is -0.313 e. The lowest BCUT2D eigenvalue weighted by molar-refractivity contribution is 0.483. The van der Waals surface area contributed by atoms with Crippen molar-refractivity contribution in [1.29, 1.82) is 0 Å². The van der Waals surface area contributed by atoms with E-state index in [1.54, 1.807) is 6.20 Å². The van der Waals surface area contributed by atoms with E-state index in [0.29, 0.717) is 11.5 Å². The Morgan fingerprint density at radius 1 is 1.47 bits per heavy atom. The van der Waals surface area contributed by atoms with Gasteiger partial charge in [-0.2, -0.15) is 0 Å². The Morgan fingerprint density at radius 3 is 3.06 bits per heavy atom. The first kappa shape index (κ1) is 12.5. The molecule has 17 heavy (non-hydrogen) atoms. The first-order valence-corrected chi connectivity index (χ1v) is 7.80. The van der Waals surface area contributed by atoms with E-state index in [2.05, 4.69) is 10.3 Å². The van der Waals surface area contributed by atoms with Crippen LogP contribution >= 0.6 is 0 Å². The lowest BCUT2D eigenvalue weighted by Crippen LogP contribution is -2.40. The zero-order valence-electron chi connectivity index (χ0n) is 9.80. The molecule has 1 N–H and O–H groups in total. The molecule has 2 rings (SSSR count). The highest BCUT2D eigenvalue weighted by molar-refractivity contribution is 7.91. The van der Waals surface area contributed by atoms with Crippen molar-refractivity contribution in [2.75, 3.05) is 18.1 Å². The zero-order valence-corrected chi connectivity index (χ0v) is 10.6. The Morgan fingerprint density at radius 2 is 2.35 bits per heavy atom. The van der Waals surface area contributed by atoms with Gasteiger partial charge in [0.25, 0.3) is 0 Å². The number of nitrogens with one attached hydrogen (secondary N) is 1. The highest BCUT2D eigenvalue weighted by Crippen LogP contribution is 2.11. The third-order valence-corrected chi connectivity index (χ3v) is 4.85. The van der Waals surface area contributed by atoms with Crippen LogP contribution in [-0.2, 0) is 16.3 Å². The van der Waals surface area contributed by atoms with Crippen LogP contribution in [0.4, 0.5) is 0 Å². The predicted octanol–water partition coefficient (Wildman–Crippen LogP) is 0.791. The molecule has 0 aromatic carbocycles. The maximum Gasteiger partial charge on any atom is 0.151 e. The number of nitrogens with zero attached hydrogens (tertiary/aromatic N) is 1. The topological polar surface area (TPSA) is 59.1 Å². The van der Waals surface area contributed by atoms with Crippen LogP contribution in [0.1, 0.15) is 18.4 Å². The van der Waals surface area contributed by atoms with Crippen LogP contribution in [-0.4, -0.2) is 37.5 Å². The van der Waals surface area contributed by atoms with Gasteiger partial charge in [-0.15, -0.1) is 0 Å². The van der Waals surface area contributed by atoms with Crippen LogP contribution in [0.25, 0.3) is 0 Å². The van der Waals surface area contributed by atoms with Crippen molar-refractivity contribution in [2.24, 2.45) is 0 Å². The summed E-state index contributed by atoms with van der Waals surface area (Å²) in [5.74, 6) is 0.647. The molecular formula is C12H18N2O2S. The fourth-order valence-corrected chi connectivity index (χ4v) is 3.82. The van der Waals surface area contributed by atoms with Crippen molar-refractivity contribution in [3.8, 4) is 0 Å². The lowest BCUT2D eigenvalue weighted by atomic mass is 10.1. The Balaban J connectivity index is 1.76. The van der Waals surface area contributed by atoms with Gasteiger partial charge < -0.3 is 5.32 Å². The van der Waals surface area contributed by atoms with Crippen LogP contribution < -0.4 is 5.32 Å². The summed E-state index contributed by atoms with van der Waals surface area (Å²) < 4.78 is 22.9. The Hall–Kier alpha value is -0.940. The van der Waals surface area contributed by atoms with Crippen molar-refractivity contribution in [2.45, 2.75) is 25.3 Å². The second kappa shape index (κ2) is 5.60. The molecule has 2 heterocycles. The molecule has 0 radical (unpaired) electrons. The van der Waals surface area contributed by atoms with Gasteiger partial charge >= 0.3 is 0 Å². The molecule has 0 amide bonds. The molecule has 1 saturated heterocycles. The van der Waals surface area contributed by atoms with Crippen LogP contribution in [0.15, 0.2) is 24.5 Å². The summed E-state index contributed by atoms with van der Waals surface area (Å²) in [6, 6.07) is 4.08. The molecule has 1 fully saturated rings. The molecule has 0 saturated carbocycles. The fourth-order valence-electron chi connectivity index (χ4n) is 2.15. The summed E-state index contributed by atoms with van der Waals surface area (Å²) in [6.45, 7) is 0.811. The van der Waals surface area contributed by atoms with E-state index >= 15 is 0 Å². The second-order valence-corrected chi connectivity index (χ2v) is 6.75. The van der Waals surface area contributed by atoms with Crippen molar-refractivity contribution in [3.63, 3.8) is 0 Å². The third-order valence-electron chi connectivity index (χ3n) is 3.03. The van der Waals surface area contributed by atoms with Crippen LogP contribution in [0.2, 0.25) is 0 Å². The highest BCUT2D eigenvalue weighted by Gasteiger charge is 2.23. The molecule has 1 aliphatic heterocycles. The molecule has 0 spiro atoms. The molecule has 1 aliphatic rings. The minimum absolute atomic E-state index is 0.130. The molecule has 94 valence electrons. The maximum absolute atomic E-state index is 11.4. The molecule has 1 atom stereocenters. The Kier molecular flexibility index (Phi) is 4.12. The van der Waals surface area contributed by atoms with Crippen molar-refractivity contribution in [3.05, 3.63) is 30.1 Å². The first-order chi connectivity index (χ1) is 8.16. The molecule has 4 nitrogen and oxygen atoms in total. The number of pyridine rings is 1. The summed E-state index contributed by atoms with van der Waals surface area (Å²) >= 11 is 0. The van der Waals surface area contributed by atoms with E-state index in [-0.39, 0.29) is 6.04 Å². The van der Waals surface area contributed by atoms with Gasteiger partial charge in [0.1, 0.15) is 0 Å². The number of hydrogen-bond acceptors (Lipinski definition) is 4. The number of sulfone groups is 1. The number of hydrogen-bond donors (Lipinski definition) is 1. The van der Waals surface area contributed by atoms with Gasteiger partial charge in [0.15, 0.2) is 9.84 Å². The second-order valence-electron chi connectivity index (χ2n) is 4.52. The van der Waals surface area contributed by atoms with Gasteiger partial charge in [-0.3, -0.25) is 4.98 Å². The van der Waals surface area contributed by atoms with Gasteiger partial charge in [-0.05, 0) is 37.4 Å². The summed E-state index contributed by atoms with van der Waals surface area (Å²) in [6.07, 6.45) is 6.24. The average molecular weight is 254 g/mol. The normalized spacial score (nSPS) is 23.4. The van der Waals surface area contributed by atoms with Gasteiger partial charge in [0, 0.05) is 18.4 Å². The zero-order chi connectivity index (χ0) is 12.1. The van der Waals surface area contributed by atoms with Gasteiger partial charge in [-0.25, -0.2) is 8.42 Å². The molecule has 0 bridgehead atoms. The fraction of sp³-hybridized carbons (Fsp3) is 0.583. The van der Waals surface area contributed by atoms with Gasteiger partial charge in [0.2, 0.25) is 0 Å². The molecule has 0 aliphatic carbocycles. The van der Waals surface area contributed by atoms with E-state index in [1.807, 2.05) is 18.3 Å². The van der Waals surface area contributed by atoms with E-state index < -0.39 is 9.84 Å². The summed E-state index contributed by atoms with van der Waals surface area (Å²) in [4.78, 5) is 4.05. The molecule has 1 aromatic rings. The predicted molar refractivity (Wildman–Crippen MR) is 67.6 cm³/mol. The quantitative estimate of drug-likeness (QED) is 0.863. The summed E-state index contributed by atoms with van der Waals surface area (Å²) in [5.41, 5.74) is 1.18. The standard InChI is InChI=1S/C12H18N2O2S/c15-17(16)8-2-4-12(10-17)14-7-5-11-3-1-6-13-9-11/h1,3,6,9,12,14H,2,4-5,7-8,10H2. The summed E-state index contributed by atoms with van der Waals surface area (Å²) in [7, 11) is -2.80. The van der Waals surface area contributed by atoms with Crippen molar-refractivity contribution < 1.29 is 8.42 Å². The SMILES string of the molecule is O=S1(=O)CCCC(NCCc2cccnc2)C1. The maximum atomic E-state index is 11.4.